The molecule has 1 aromatic carbocycles. The first-order chi connectivity index (χ1) is 11.7. The number of carbonyl (C=O) groups is 1. The van der Waals surface area contributed by atoms with Crippen LogP contribution in [-0.2, 0) is 24.2 Å². The van der Waals surface area contributed by atoms with Crippen LogP contribution in [0.1, 0.15) is 30.4 Å². The standard InChI is InChI=1S/C19H21N3O2/c1-2-16-8-9-17(24-16)10-11-19(23)20-18-12-13-22(21-18)14-15-6-4-3-5-7-15/h3-9,12-13H,2,10-11,14H2,1H3,(H,20,21,23). The highest BCUT2D eigenvalue weighted by Crippen LogP contribution is 2.12. The predicted molar refractivity (Wildman–Crippen MR) is 92.8 cm³/mol. The van der Waals surface area contributed by atoms with Gasteiger partial charge in [0.2, 0.25) is 5.91 Å². The molecule has 3 aromatic rings. The van der Waals surface area contributed by atoms with Gasteiger partial charge in [0.15, 0.2) is 5.82 Å². The van der Waals surface area contributed by atoms with Gasteiger partial charge < -0.3 is 9.73 Å². The van der Waals surface area contributed by atoms with Crippen molar-refractivity contribution in [1.82, 2.24) is 9.78 Å². The van der Waals surface area contributed by atoms with E-state index in [1.165, 1.54) is 5.56 Å². The van der Waals surface area contributed by atoms with Gasteiger partial charge in [-0.2, -0.15) is 5.10 Å². The lowest BCUT2D eigenvalue weighted by Gasteiger charge is -2.02. The van der Waals surface area contributed by atoms with Crippen LogP contribution in [0.4, 0.5) is 5.82 Å². The third-order valence-corrected chi connectivity index (χ3v) is 3.76. The highest BCUT2D eigenvalue weighted by atomic mass is 16.3. The Hall–Kier alpha value is -2.82. The fraction of sp³-hybridized carbons (Fsp3) is 0.263. The molecule has 0 fully saturated rings. The molecule has 2 aromatic heterocycles. The molecule has 1 N–H and O–H groups in total. The Morgan fingerprint density at radius 2 is 1.92 bits per heavy atom. The Balaban J connectivity index is 1.49. The van der Waals surface area contributed by atoms with E-state index < -0.39 is 0 Å². The van der Waals surface area contributed by atoms with E-state index in [0.717, 1.165) is 17.9 Å². The summed E-state index contributed by atoms with van der Waals surface area (Å²) in [6.07, 6.45) is 3.70. The number of hydrogen-bond donors (Lipinski definition) is 1. The Labute approximate surface area is 141 Å². The molecule has 0 saturated heterocycles. The van der Waals surface area contributed by atoms with Crippen molar-refractivity contribution in [2.45, 2.75) is 32.7 Å². The second-order valence-corrected chi connectivity index (χ2v) is 5.65. The molecule has 124 valence electrons. The van der Waals surface area contributed by atoms with Gasteiger partial charge in [-0.15, -0.1) is 0 Å². The molecule has 0 aliphatic rings. The number of furan rings is 1. The average molecular weight is 323 g/mol. The molecule has 5 nitrogen and oxygen atoms in total. The molecule has 24 heavy (non-hydrogen) atoms. The zero-order valence-electron chi connectivity index (χ0n) is 13.7. The Kier molecular flexibility index (Phi) is 5.11. The van der Waals surface area contributed by atoms with E-state index in [-0.39, 0.29) is 5.91 Å². The Bertz CT molecular complexity index is 790. The number of nitrogens with zero attached hydrogens (tertiary/aromatic N) is 2. The van der Waals surface area contributed by atoms with Gasteiger partial charge in [-0.05, 0) is 17.7 Å². The van der Waals surface area contributed by atoms with E-state index in [4.69, 9.17) is 4.42 Å². The molecule has 0 radical (unpaired) electrons. The molecule has 0 aliphatic heterocycles. The summed E-state index contributed by atoms with van der Waals surface area (Å²) in [6.45, 7) is 2.73. The van der Waals surface area contributed by atoms with Crippen molar-refractivity contribution in [2.75, 3.05) is 5.32 Å². The zero-order chi connectivity index (χ0) is 16.8. The molecule has 0 spiro atoms. The lowest BCUT2D eigenvalue weighted by molar-refractivity contribution is -0.116. The summed E-state index contributed by atoms with van der Waals surface area (Å²) >= 11 is 0. The van der Waals surface area contributed by atoms with Crippen molar-refractivity contribution < 1.29 is 9.21 Å². The quantitative estimate of drug-likeness (QED) is 0.722. The number of anilines is 1. The van der Waals surface area contributed by atoms with E-state index in [9.17, 15) is 4.79 Å². The first-order valence-electron chi connectivity index (χ1n) is 8.18. The number of aryl methyl sites for hydroxylation is 2. The zero-order valence-corrected chi connectivity index (χ0v) is 13.7. The van der Waals surface area contributed by atoms with Crippen LogP contribution in [0, 0.1) is 0 Å². The first-order valence-corrected chi connectivity index (χ1v) is 8.18. The lowest BCUT2D eigenvalue weighted by Crippen LogP contribution is -2.13. The summed E-state index contributed by atoms with van der Waals surface area (Å²) < 4.78 is 7.41. The maximum absolute atomic E-state index is 12.0. The van der Waals surface area contributed by atoms with Gasteiger partial charge >= 0.3 is 0 Å². The number of hydrogen-bond acceptors (Lipinski definition) is 3. The van der Waals surface area contributed by atoms with Crippen molar-refractivity contribution in [3.8, 4) is 0 Å². The third kappa shape index (κ3) is 4.35. The minimum absolute atomic E-state index is 0.0607. The number of benzene rings is 1. The van der Waals surface area contributed by atoms with Crippen molar-refractivity contribution in [2.24, 2.45) is 0 Å². The van der Waals surface area contributed by atoms with Gasteiger partial charge in [0.25, 0.3) is 0 Å². The Morgan fingerprint density at radius 3 is 2.67 bits per heavy atom. The lowest BCUT2D eigenvalue weighted by atomic mass is 10.2. The van der Waals surface area contributed by atoms with Crippen LogP contribution in [0.2, 0.25) is 0 Å². The van der Waals surface area contributed by atoms with Crippen LogP contribution < -0.4 is 5.32 Å². The highest BCUT2D eigenvalue weighted by molar-refractivity contribution is 5.89. The summed E-state index contributed by atoms with van der Waals surface area (Å²) in [7, 11) is 0. The number of aromatic nitrogens is 2. The summed E-state index contributed by atoms with van der Waals surface area (Å²) in [5, 5.41) is 7.21. The summed E-state index contributed by atoms with van der Waals surface area (Å²) in [6, 6.07) is 15.8. The minimum atomic E-state index is -0.0607. The maximum atomic E-state index is 12.0. The molecule has 3 rings (SSSR count). The normalized spacial score (nSPS) is 10.7. The van der Waals surface area contributed by atoms with E-state index in [0.29, 0.717) is 25.2 Å². The van der Waals surface area contributed by atoms with Crippen molar-refractivity contribution in [3.05, 3.63) is 71.8 Å². The smallest absolute Gasteiger partial charge is 0.226 e. The number of carbonyl (C=O) groups excluding carboxylic acids is 1. The van der Waals surface area contributed by atoms with Crippen LogP contribution >= 0.6 is 0 Å². The van der Waals surface area contributed by atoms with Crippen LogP contribution in [0.5, 0.6) is 0 Å². The Morgan fingerprint density at radius 1 is 1.12 bits per heavy atom. The molecular weight excluding hydrogens is 302 g/mol. The number of amides is 1. The fourth-order valence-electron chi connectivity index (χ4n) is 2.48. The van der Waals surface area contributed by atoms with Crippen LogP contribution in [0.15, 0.2) is 59.1 Å². The summed E-state index contributed by atoms with van der Waals surface area (Å²) in [4.78, 5) is 12.0. The van der Waals surface area contributed by atoms with Gasteiger partial charge in [-0.3, -0.25) is 9.48 Å². The molecule has 0 unspecified atom stereocenters. The second-order valence-electron chi connectivity index (χ2n) is 5.65. The molecule has 0 aliphatic carbocycles. The topological polar surface area (TPSA) is 60.1 Å². The average Bonchev–Trinajstić information content (AvgIpc) is 3.23. The van der Waals surface area contributed by atoms with Crippen LogP contribution in [0.25, 0.3) is 0 Å². The fourth-order valence-corrected chi connectivity index (χ4v) is 2.48. The van der Waals surface area contributed by atoms with Crippen molar-refractivity contribution >= 4 is 11.7 Å². The molecule has 0 atom stereocenters. The van der Waals surface area contributed by atoms with Gasteiger partial charge in [-0.25, -0.2) is 0 Å². The largest absolute Gasteiger partial charge is 0.466 e. The van der Waals surface area contributed by atoms with E-state index in [1.54, 1.807) is 0 Å². The highest BCUT2D eigenvalue weighted by Gasteiger charge is 2.08. The van der Waals surface area contributed by atoms with Gasteiger partial charge in [-0.1, -0.05) is 37.3 Å². The van der Waals surface area contributed by atoms with E-state index in [1.807, 2.05) is 66.3 Å². The van der Waals surface area contributed by atoms with Gasteiger partial charge in [0, 0.05) is 31.5 Å². The molecular formula is C19H21N3O2. The van der Waals surface area contributed by atoms with Gasteiger partial charge in [0.05, 0.1) is 6.54 Å². The van der Waals surface area contributed by atoms with E-state index >= 15 is 0 Å². The molecule has 5 heteroatoms. The summed E-state index contributed by atoms with van der Waals surface area (Å²) in [5.74, 6) is 2.31. The predicted octanol–water partition coefficient (Wildman–Crippen LogP) is 3.66. The van der Waals surface area contributed by atoms with Crippen LogP contribution in [0.3, 0.4) is 0 Å². The number of nitrogens with one attached hydrogen (secondary N) is 1. The SMILES string of the molecule is CCc1ccc(CCC(=O)Nc2ccn(Cc3ccccc3)n2)o1. The summed E-state index contributed by atoms with van der Waals surface area (Å²) in [5.41, 5.74) is 1.17. The second kappa shape index (κ2) is 7.64. The maximum Gasteiger partial charge on any atom is 0.226 e. The molecule has 2 heterocycles. The first kappa shape index (κ1) is 16.1. The monoisotopic (exact) mass is 323 g/mol. The van der Waals surface area contributed by atoms with Crippen molar-refractivity contribution in [1.29, 1.82) is 0 Å². The molecule has 0 saturated carbocycles. The van der Waals surface area contributed by atoms with Crippen molar-refractivity contribution in [3.63, 3.8) is 0 Å². The molecule has 1 amide bonds. The van der Waals surface area contributed by atoms with E-state index in [2.05, 4.69) is 10.4 Å². The van der Waals surface area contributed by atoms with Crippen LogP contribution in [-0.4, -0.2) is 15.7 Å². The third-order valence-electron chi connectivity index (χ3n) is 3.76. The molecule has 0 bridgehead atoms. The minimum Gasteiger partial charge on any atom is -0.466 e. The van der Waals surface area contributed by atoms with Gasteiger partial charge in [0.1, 0.15) is 11.5 Å². The number of rotatable bonds is 7.